The monoisotopic (exact) mass is 202 g/mol. The average molecular weight is 202 g/mol. The zero-order chi connectivity index (χ0) is 11.1. The molecule has 1 heteroatoms. The molecular weight excluding hydrogens is 184 g/mol. The summed E-state index contributed by atoms with van der Waals surface area (Å²) in [7, 11) is 0. The number of ether oxygens (including phenoxy) is 1. The Kier molecular flexibility index (Phi) is 4.39. The normalized spacial score (nSPS) is 13.8. The van der Waals surface area contributed by atoms with Crippen LogP contribution in [0.25, 0.3) is 0 Å². The van der Waals surface area contributed by atoms with E-state index < -0.39 is 0 Å². The minimum atomic E-state index is -0.315. The maximum atomic E-state index is 5.63. The Morgan fingerprint density at radius 3 is 2.40 bits per heavy atom. The highest BCUT2D eigenvalue weighted by Gasteiger charge is 2.17. The van der Waals surface area contributed by atoms with Crippen molar-refractivity contribution in [3.63, 3.8) is 0 Å². The molecule has 0 saturated heterocycles. The van der Waals surface area contributed by atoms with Crippen LogP contribution in [0.1, 0.15) is 32.8 Å². The van der Waals surface area contributed by atoms with Gasteiger partial charge >= 0.3 is 0 Å². The molecule has 1 aromatic rings. The maximum Gasteiger partial charge on any atom is 0.125 e. The minimum Gasteiger partial charge on any atom is -0.363 e. The largest absolute Gasteiger partial charge is 0.363 e. The summed E-state index contributed by atoms with van der Waals surface area (Å²) in [4.78, 5) is 0. The van der Waals surface area contributed by atoms with Gasteiger partial charge in [0.05, 0.1) is 0 Å². The second-order valence-electron chi connectivity index (χ2n) is 3.63. The Labute approximate surface area is 92.5 Å². The van der Waals surface area contributed by atoms with Crippen molar-refractivity contribution < 1.29 is 4.74 Å². The van der Waals surface area contributed by atoms with Crippen LogP contribution in [0.2, 0.25) is 0 Å². The third kappa shape index (κ3) is 3.77. The smallest absolute Gasteiger partial charge is 0.125 e. The van der Waals surface area contributed by atoms with E-state index in [1.54, 1.807) is 0 Å². The van der Waals surface area contributed by atoms with Gasteiger partial charge in [-0.1, -0.05) is 37.0 Å². The van der Waals surface area contributed by atoms with Crippen molar-refractivity contribution in [2.75, 3.05) is 6.61 Å². The zero-order valence-electron chi connectivity index (χ0n) is 9.71. The molecule has 0 heterocycles. The molecule has 1 unspecified atom stereocenters. The highest BCUT2D eigenvalue weighted by Crippen LogP contribution is 2.13. The number of hydrogen-bond acceptors (Lipinski definition) is 1. The first-order valence-corrected chi connectivity index (χ1v) is 5.42. The lowest BCUT2D eigenvalue weighted by molar-refractivity contribution is 0.0188. The molecule has 0 aliphatic heterocycles. The molecule has 1 rings (SSSR count). The van der Waals surface area contributed by atoms with E-state index in [0.29, 0.717) is 6.61 Å². The Morgan fingerprint density at radius 2 is 1.87 bits per heavy atom. The number of rotatable bonds is 3. The van der Waals surface area contributed by atoms with E-state index >= 15 is 0 Å². The van der Waals surface area contributed by atoms with Gasteiger partial charge < -0.3 is 4.74 Å². The molecule has 0 saturated carbocycles. The molecule has 1 nitrogen and oxygen atoms in total. The van der Waals surface area contributed by atoms with E-state index in [9.17, 15) is 0 Å². The van der Waals surface area contributed by atoms with Crippen molar-refractivity contribution >= 4 is 0 Å². The molecule has 1 aromatic carbocycles. The van der Waals surface area contributed by atoms with Crippen molar-refractivity contribution in [1.82, 2.24) is 0 Å². The first-order valence-electron chi connectivity index (χ1n) is 5.42. The molecule has 0 aromatic heterocycles. The number of benzene rings is 1. The van der Waals surface area contributed by atoms with Crippen molar-refractivity contribution in [3.05, 3.63) is 35.9 Å². The molecule has 1 atom stereocenters. The van der Waals surface area contributed by atoms with Crippen molar-refractivity contribution in [2.45, 2.75) is 32.8 Å². The molecule has 0 radical (unpaired) electrons. The fourth-order valence-corrected chi connectivity index (χ4v) is 1.27. The molecule has 80 valence electrons. The van der Waals surface area contributed by atoms with E-state index in [2.05, 4.69) is 18.8 Å². The lowest BCUT2D eigenvalue weighted by atomic mass is 10.0. The lowest BCUT2D eigenvalue weighted by Gasteiger charge is -2.21. The Balaban J connectivity index is 2.79. The fraction of sp³-hybridized carbons (Fsp3) is 0.429. The third-order valence-electron chi connectivity index (χ3n) is 2.38. The van der Waals surface area contributed by atoms with Crippen LogP contribution in [-0.4, -0.2) is 12.2 Å². The second-order valence-corrected chi connectivity index (χ2v) is 3.63. The van der Waals surface area contributed by atoms with Crippen LogP contribution in [0, 0.1) is 11.8 Å². The zero-order valence-corrected chi connectivity index (χ0v) is 9.71. The number of hydrogen-bond donors (Lipinski definition) is 0. The molecular formula is C14H18O. The SMILES string of the molecule is CCOC(C)(C#Cc1ccccc1)CC. The predicted molar refractivity (Wildman–Crippen MR) is 63.6 cm³/mol. The highest BCUT2D eigenvalue weighted by molar-refractivity contribution is 5.35. The maximum absolute atomic E-state index is 5.63. The summed E-state index contributed by atoms with van der Waals surface area (Å²) in [5.41, 5.74) is 0.724. The summed E-state index contributed by atoms with van der Waals surface area (Å²) >= 11 is 0. The quantitative estimate of drug-likeness (QED) is 0.684. The first-order chi connectivity index (χ1) is 7.20. The van der Waals surface area contributed by atoms with Crippen LogP contribution in [0.4, 0.5) is 0 Å². The van der Waals surface area contributed by atoms with E-state index in [0.717, 1.165) is 12.0 Å². The van der Waals surface area contributed by atoms with Gasteiger partial charge in [-0.3, -0.25) is 0 Å². The molecule has 15 heavy (non-hydrogen) atoms. The van der Waals surface area contributed by atoms with Gasteiger partial charge in [0.2, 0.25) is 0 Å². The lowest BCUT2D eigenvalue weighted by Crippen LogP contribution is -2.25. The van der Waals surface area contributed by atoms with Gasteiger partial charge in [0.15, 0.2) is 0 Å². The summed E-state index contributed by atoms with van der Waals surface area (Å²) in [5.74, 6) is 6.34. The van der Waals surface area contributed by atoms with Crippen LogP contribution in [-0.2, 0) is 4.74 Å². The van der Waals surface area contributed by atoms with Crippen LogP contribution in [0.15, 0.2) is 30.3 Å². The third-order valence-corrected chi connectivity index (χ3v) is 2.38. The Hall–Kier alpha value is -1.26. The van der Waals surface area contributed by atoms with Gasteiger partial charge in [0, 0.05) is 12.2 Å². The van der Waals surface area contributed by atoms with Crippen molar-refractivity contribution in [1.29, 1.82) is 0 Å². The van der Waals surface area contributed by atoms with Crippen LogP contribution < -0.4 is 0 Å². The van der Waals surface area contributed by atoms with Gasteiger partial charge in [-0.2, -0.15) is 0 Å². The molecule has 0 fully saturated rings. The molecule has 0 bridgehead atoms. The summed E-state index contributed by atoms with van der Waals surface area (Å²) in [6, 6.07) is 10.00. The molecule has 0 aliphatic carbocycles. The van der Waals surface area contributed by atoms with Gasteiger partial charge in [0.1, 0.15) is 5.60 Å². The van der Waals surface area contributed by atoms with Crippen LogP contribution >= 0.6 is 0 Å². The molecule has 0 amide bonds. The Morgan fingerprint density at radius 1 is 1.20 bits per heavy atom. The highest BCUT2D eigenvalue weighted by atomic mass is 16.5. The van der Waals surface area contributed by atoms with Crippen LogP contribution in [0.3, 0.4) is 0 Å². The molecule has 0 N–H and O–H groups in total. The Bertz CT molecular complexity index is 345. The molecule has 0 aliphatic rings. The predicted octanol–water partition coefficient (Wildman–Crippen LogP) is 3.24. The van der Waals surface area contributed by atoms with Crippen LogP contribution in [0.5, 0.6) is 0 Å². The van der Waals surface area contributed by atoms with Gasteiger partial charge in [-0.15, -0.1) is 0 Å². The second kappa shape index (κ2) is 5.58. The van der Waals surface area contributed by atoms with Crippen molar-refractivity contribution in [2.24, 2.45) is 0 Å². The first kappa shape index (κ1) is 11.8. The average Bonchev–Trinajstić information content (AvgIpc) is 2.28. The van der Waals surface area contributed by atoms with Gasteiger partial charge in [-0.05, 0) is 32.4 Å². The van der Waals surface area contributed by atoms with E-state index in [-0.39, 0.29) is 5.60 Å². The summed E-state index contributed by atoms with van der Waals surface area (Å²) in [6.07, 6.45) is 0.903. The van der Waals surface area contributed by atoms with Gasteiger partial charge in [-0.25, -0.2) is 0 Å². The van der Waals surface area contributed by atoms with Gasteiger partial charge in [0.25, 0.3) is 0 Å². The van der Waals surface area contributed by atoms with E-state index in [1.807, 2.05) is 44.2 Å². The summed E-state index contributed by atoms with van der Waals surface area (Å²) in [5, 5.41) is 0. The standard InChI is InChI=1S/C14H18O/c1-4-14(3,15-5-2)12-11-13-9-7-6-8-10-13/h6-10H,4-5H2,1-3H3. The topological polar surface area (TPSA) is 9.23 Å². The summed E-state index contributed by atoms with van der Waals surface area (Å²) < 4.78 is 5.63. The van der Waals surface area contributed by atoms with Crippen molar-refractivity contribution in [3.8, 4) is 11.8 Å². The summed E-state index contributed by atoms with van der Waals surface area (Å²) in [6.45, 7) is 6.83. The molecule has 0 spiro atoms. The fourth-order valence-electron chi connectivity index (χ4n) is 1.27. The minimum absolute atomic E-state index is 0.315. The van der Waals surface area contributed by atoms with E-state index in [4.69, 9.17) is 4.74 Å². The van der Waals surface area contributed by atoms with E-state index in [1.165, 1.54) is 0 Å².